The lowest BCUT2D eigenvalue weighted by Gasteiger charge is -2.13. The predicted molar refractivity (Wildman–Crippen MR) is 115 cm³/mol. The van der Waals surface area contributed by atoms with E-state index in [1.54, 1.807) is 7.11 Å². The number of carbonyl (C=O) groups excluding carboxylic acids is 1. The Hall–Kier alpha value is -3.22. The van der Waals surface area contributed by atoms with Crippen molar-refractivity contribution in [3.8, 4) is 11.5 Å². The molecule has 2 aromatic rings. The van der Waals surface area contributed by atoms with Crippen LogP contribution in [0.4, 0.5) is 0 Å². The third-order valence-electron chi connectivity index (χ3n) is 4.09. The highest BCUT2D eigenvalue weighted by molar-refractivity contribution is 5.86. The molecule has 0 saturated carbocycles. The molecular formula is C22H30N4O3. The molecule has 0 aromatic heterocycles. The van der Waals surface area contributed by atoms with Gasteiger partial charge in [-0.3, -0.25) is 4.79 Å². The molecular weight excluding hydrogens is 368 g/mol. The normalized spacial score (nSPS) is 10.9. The van der Waals surface area contributed by atoms with Gasteiger partial charge in [0.15, 0.2) is 5.96 Å². The van der Waals surface area contributed by atoms with Crippen molar-refractivity contribution in [2.75, 3.05) is 26.8 Å². The zero-order valence-corrected chi connectivity index (χ0v) is 17.3. The summed E-state index contributed by atoms with van der Waals surface area (Å²) in [7, 11) is 1.63. The van der Waals surface area contributed by atoms with Crippen LogP contribution in [0.15, 0.2) is 53.5 Å². The number of nitrogens with zero attached hydrogens (tertiary/aromatic N) is 1. The lowest BCUT2D eigenvalue weighted by atomic mass is 10.2. The van der Waals surface area contributed by atoms with Crippen molar-refractivity contribution in [3.63, 3.8) is 0 Å². The maximum Gasteiger partial charge on any atom is 0.239 e. The molecule has 0 radical (unpaired) electrons. The van der Waals surface area contributed by atoms with E-state index in [0.717, 1.165) is 22.6 Å². The van der Waals surface area contributed by atoms with Gasteiger partial charge >= 0.3 is 0 Å². The number of benzene rings is 2. The summed E-state index contributed by atoms with van der Waals surface area (Å²) < 4.78 is 10.8. The van der Waals surface area contributed by atoms with Crippen LogP contribution in [0, 0.1) is 0 Å². The first-order valence-corrected chi connectivity index (χ1v) is 9.78. The van der Waals surface area contributed by atoms with E-state index in [4.69, 9.17) is 9.47 Å². The molecule has 0 bridgehead atoms. The van der Waals surface area contributed by atoms with E-state index in [1.807, 2.05) is 62.4 Å². The van der Waals surface area contributed by atoms with Crippen molar-refractivity contribution < 1.29 is 14.3 Å². The summed E-state index contributed by atoms with van der Waals surface area (Å²) in [5.41, 5.74) is 2.00. The van der Waals surface area contributed by atoms with Gasteiger partial charge in [-0.1, -0.05) is 30.3 Å². The topological polar surface area (TPSA) is 84.0 Å². The van der Waals surface area contributed by atoms with E-state index in [0.29, 0.717) is 32.2 Å². The first kappa shape index (κ1) is 22.1. The van der Waals surface area contributed by atoms with Crippen LogP contribution in [0.25, 0.3) is 0 Å². The van der Waals surface area contributed by atoms with Crippen LogP contribution in [0.1, 0.15) is 25.0 Å². The number of nitrogens with one attached hydrogen (secondary N) is 3. The smallest absolute Gasteiger partial charge is 0.239 e. The van der Waals surface area contributed by atoms with E-state index in [2.05, 4.69) is 20.9 Å². The van der Waals surface area contributed by atoms with Crippen molar-refractivity contribution in [3.05, 3.63) is 59.7 Å². The van der Waals surface area contributed by atoms with Gasteiger partial charge < -0.3 is 25.4 Å². The number of amides is 1. The number of guanidine groups is 1. The average molecular weight is 399 g/mol. The molecule has 2 rings (SSSR count). The number of hydrogen-bond acceptors (Lipinski definition) is 4. The van der Waals surface area contributed by atoms with Gasteiger partial charge in [0.25, 0.3) is 0 Å². The van der Waals surface area contributed by atoms with E-state index in [-0.39, 0.29) is 12.5 Å². The summed E-state index contributed by atoms with van der Waals surface area (Å²) in [5.74, 6) is 2.09. The monoisotopic (exact) mass is 398 g/mol. The van der Waals surface area contributed by atoms with Crippen LogP contribution in [0.2, 0.25) is 0 Å². The SMILES string of the molecule is CCNC(=NCc1ccccc1OCC)NCC(=O)NCc1ccc(OC)cc1. The largest absolute Gasteiger partial charge is 0.497 e. The summed E-state index contributed by atoms with van der Waals surface area (Å²) in [6, 6.07) is 15.4. The number of para-hydroxylation sites is 1. The van der Waals surface area contributed by atoms with Crippen molar-refractivity contribution in [2.24, 2.45) is 4.99 Å². The predicted octanol–water partition coefficient (Wildman–Crippen LogP) is 2.47. The van der Waals surface area contributed by atoms with E-state index in [1.165, 1.54) is 0 Å². The molecule has 0 fully saturated rings. The number of rotatable bonds is 10. The lowest BCUT2D eigenvalue weighted by molar-refractivity contribution is -0.120. The Morgan fingerprint density at radius 1 is 1.00 bits per heavy atom. The molecule has 0 spiro atoms. The Morgan fingerprint density at radius 3 is 2.45 bits per heavy atom. The van der Waals surface area contributed by atoms with Crippen LogP contribution < -0.4 is 25.4 Å². The highest BCUT2D eigenvalue weighted by Crippen LogP contribution is 2.18. The summed E-state index contributed by atoms with van der Waals surface area (Å²) in [5, 5.41) is 9.10. The van der Waals surface area contributed by atoms with Crippen LogP contribution in [-0.4, -0.2) is 38.7 Å². The molecule has 0 aliphatic carbocycles. The van der Waals surface area contributed by atoms with Crippen LogP contribution in [0.5, 0.6) is 11.5 Å². The number of aliphatic imine (C=N–C) groups is 1. The summed E-state index contributed by atoms with van der Waals surface area (Å²) in [6.07, 6.45) is 0. The Balaban J connectivity index is 1.85. The fourth-order valence-electron chi connectivity index (χ4n) is 2.61. The average Bonchev–Trinajstić information content (AvgIpc) is 2.75. The van der Waals surface area contributed by atoms with Gasteiger partial charge in [0, 0.05) is 18.7 Å². The van der Waals surface area contributed by atoms with Crippen LogP contribution in [-0.2, 0) is 17.9 Å². The van der Waals surface area contributed by atoms with Gasteiger partial charge in [0.05, 0.1) is 26.8 Å². The third-order valence-corrected chi connectivity index (χ3v) is 4.09. The molecule has 0 aliphatic heterocycles. The van der Waals surface area contributed by atoms with Crippen molar-refractivity contribution in [2.45, 2.75) is 26.9 Å². The Labute approximate surface area is 172 Å². The molecule has 156 valence electrons. The minimum Gasteiger partial charge on any atom is -0.497 e. The standard InChI is InChI=1S/C22H30N4O3/c1-4-23-22(25-15-18-8-6-7-9-20(18)29-5-2)26-16-21(27)24-14-17-10-12-19(28-3)13-11-17/h6-13H,4-5,14-16H2,1-3H3,(H,24,27)(H2,23,25,26). The van der Waals surface area contributed by atoms with E-state index < -0.39 is 0 Å². The van der Waals surface area contributed by atoms with Crippen LogP contribution >= 0.6 is 0 Å². The van der Waals surface area contributed by atoms with Crippen molar-refractivity contribution in [1.82, 2.24) is 16.0 Å². The zero-order chi connectivity index (χ0) is 20.9. The maximum atomic E-state index is 12.2. The number of ether oxygens (including phenoxy) is 2. The Kier molecular flexibility index (Phi) is 9.35. The highest BCUT2D eigenvalue weighted by Gasteiger charge is 2.06. The van der Waals surface area contributed by atoms with Crippen molar-refractivity contribution >= 4 is 11.9 Å². The Morgan fingerprint density at radius 2 is 1.76 bits per heavy atom. The maximum absolute atomic E-state index is 12.2. The molecule has 0 aliphatic rings. The second-order valence-electron chi connectivity index (χ2n) is 6.21. The van der Waals surface area contributed by atoms with Gasteiger partial charge in [0.1, 0.15) is 11.5 Å². The molecule has 0 unspecified atom stereocenters. The van der Waals surface area contributed by atoms with Gasteiger partial charge in [-0.15, -0.1) is 0 Å². The van der Waals surface area contributed by atoms with Gasteiger partial charge in [0.2, 0.25) is 5.91 Å². The van der Waals surface area contributed by atoms with E-state index >= 15 is 0 Å². The van der Waals surface area contributed by atoms with Gasteiger partial charge in [-0.2, -0.15) is 0 Å². The molecule has 0 atom stereocenters. The molecule has 3 N–H and O–H groups in total. The lowest BCUT2D eigenvalue weighted by Crippen LogP contribution is -2.43. The molecule has 29 heavy (non-hydrogen) atoms. The zero-order valence-electron chi connectivity index (χ0n) is 17.3. The number of hydrogen-bond donors (Lipinski definition) is 3. The minimum absolute atomic E-state index is 0.110. The second kappa shape index (κ2) is 12.3. The molecule has 1 amide bonds. The first-order valence-electron chi connectivity index (χ1n) is 9.78. The fraction of sp³-hybridized carbons (Fsp3) is 0.364. The fourth-order valence-corrected chi connectivity index (χ4v) is 2.61. The summed E-state index contributed by atoms with van der Waals surface area (Å²) in [6.45, 7) is 6.29. The molecule has 7 heteroatoms. The Bertz CT molecular complexity index is 791. The van der Waals surface area contributed by atoms with Crippen molar-refractivity contribution in [1.29, 1.82) is 0 Å². The number of carbonyl (C=O) groups is 1. The first-order chi connectivity index (χ1) is 14.2. The van der Waals surface area contributed by atoms with Gasteiger partial charge in [-0.05, 0) is 37.6 Å². The van der Waals surface area contributed by atoms with Crippen LogP contribution in [0.3, 0.4) is 0 Å². The van der Waals surface area contributed by atoms with E-state index in [9.17, 15) is 4.79 Å². The summed E-state index contributed by atoms with van der Waals surface area (Å²) >= 11 is 0. The third kappa shape index (κ3) is 7.73. The molecule has 0 saturated heterocycles. The minimum atomic E-state index is -0.110. The molecule has 2 aromatic carbocycles. The van der Waals surface area contributed by atoms with Gasteiger partial charge in [-0.25, -0.2) is 4.99 Å². The summed E-state index contributed by atoms with van der Waals surface area (Å²) in [4.78, 5) is 16.7. The quantitative estimate of drug-likeness (QED) is 0.423. The number of methoxy groups -OCH3 is 1. The molecule has 0 heterocycles. The molecule has 7 nitrogen and oxygen atoms in total. The highest BCUT2D eigenvalue weighted by atomic mass is 16.5. The second-order valence-corrected chi connectivity index (χ2v) is 6.21.